The highest BCUT2D eigenvalue weighted by atomic mass is 16.5. The molecule has 8 nitrogen and oxygen atoms in total. The molecule has 0 aliphatic rings. The van der Waals surface area contributed by atoms with Gasteiger partial charge in [0.1, 0.15) is 12.2 Å². The molecule has 0 aliphatic carbocycles. The average molecular weight is 428 g/mol. The highest BCUT2D eigenvalue weighted by molar-refractivity contribution is 6.03. The zero-order valence-corrected chi connectivity index (χ0v) is 18.1. The van der Waals surface area contributed by atoms with Gasteiger partial charge in [-0.25, -0.2) is 5.43 Å². The molecule has 0 heterocycles. The normalized spacial score (nSPS) is 10.5. The van der Waals surface area contributed by atoms with Crippen molar-refractivity contribution in [2.24, 2.45) is 5.10 Å². The van der Waals surface area contributed by atoms with Crippen LogP contribution in [0.25, 0.3) is 0 Å². The van der Waals surface area contributed by atoms with Gasteiger partial charge >= 0.3 is 0 Å². The van der Waals surface area contributed by atoms with Crippen LogP contribution >= 0.6 is 0 Å². The summed E-state index contributed by atoms with van der Waals surface area (Å²) in [5.41, 5.74) is 3.65. The molecule has 0 saturated heterocycles. The van der Waals surface area contributed by atoms with E-state index in [2.05, 4.69) is 22.8 Å². The van der Waals surface area contributed by atoms with Gasteiger partial charge in [0.05, 0.1) is 26.5 Å². The maximum atomic E-state index is 12.0. The van der Waals surface area contributed by atoms with Gasteiger partial charge < -0.3 is 19.5 Å². The van der Waals surface area contributed by atoms with Crippen LogP contribution in [-0.2, 0) is 9.59 Å². The fraction of sp³-hybridized carbons (Fsp3) is 0.348. The van der Waals surface area contributed by atoms with Crippen LogP contribution in [0.4, 0.5) is 5.69 Å². The molecule has 8 heteroatoms. The molecular formula is C23H29N3O5. The molecule has 2 rings (SSSR count). The Kier molecular flexibility index (Phi) is 9.87. The number of hydrazone groups is 1. The summed E-state index contributed by atoms with van der Waals surface area (Å²) in [5.74, 6) is 0.993. The standard InChI is InChI=1S/C23H29N3O5/c1-4-6-13-31-20-12-7-17(14-21(20)29-3)16-24-26-23(28)15-22(27)25-18-8-10-19(11-9-18)30-5-2/h7-12,14,16H,4-6,13,15H2,1-3H3,(H,25,27)(H,26,28). The summed E-state index contributed by atoms with van der Waals surface area (Å²) in [6.45, 7) is 5.18. The van der Waals surface area contributed by atoms with E-state index in [0.717, 1.165) is 18.4 Å². The van der Waals surface area contributed by atoms with E-state index < -0.39 is 11.8 Å². The molecule has 2 aromatic carbocycles. The van der Waals surface area contributed by atoms with E-state index in [0.29, 0.717) is 36.1 Å². The number of hydrogen-bond acceptors (Lipinski definition) is 6. The third-order valence-corrected chi connectivity index (χ3v) is 4.12. The number of amides is 2. The molecule has 0 bridgehead atoms. The van der Waals surface area contributed by atoms with E-state index in [1.807, 2.05) is 6.92 Å². The lowest BCUT2D eigenvalue weighted by Crippen LogP contribution is -2.24. The summed E-state index contributed by atoms with van der Waals surface area (Å²) in [7, 11) is 1.56. The molecular weight excluding hydrogens is 398 g/mol. The van der Waals surface area contributed by atoms with E-state index in [4.69, 9.17) is 14.2 Å². The van der Waals surface area contributed by atoms with Crippen molar-refractivity contribution in [1.82, 2.24) is 5.43 Å². The Balaban J connectivity index is 1.82. The van der Waals surface area contributed by atoms with Crippen LogP contribution in [0.15, 0.2) is 47.6 Å². The minimum absolute atomic E-state index is 0.349. The summed E-state index contributed by atoms with van der Waals surface area (Å²) < 4.78 is 16.4. The van der Waals surface area contributed by atoms with E-state index >= 15 is 0 Å². The second-order valence-corrected chi connectivity index (χ2v) is 6.59. The zero-order chi connectivity index (χ0) is 22.5. The molecule has 2 N–H and O–H groups in total. The van der Waals surface area contributed by atoms with Gasteiger partial charge in [-0.2, -0.15) is 5.10 Å². The number of unbranched alkanes of at least 4 members (excludes halogenated alkanes) is 1. The topological polar surface area (TPSA) is 98.2 Å². The summed E-state index contributed by atoms with van der Waals surface area (Å²) in [6.07, 6.45) is 3.13. The fourth-order valence-corrected chi connectivity index (χ4v) is 2.58. The Labute approximate surface area is 182 Å². The van der Waals surface area contributed by atoms with Crippen LogP contribution in [0.1, 0.15) is 38.7 Å². The predicted molar refractivity (Wildman–Crippen MR) is 120 cm³/mol. The van der Waals surface area contributed by atoms with E-state index in [-0.39, 0.29) is 6.42 Å². The fourth-order valence-electron chi connectivity index (χ4n) is 2.58. The molecule has 2 aromatic rings. The number of benzene rings is 2. The predicted octanol–water partition coefficient (Wildman–Crippen LogP) is 3.75. The molecule has 0 radical (unpaired) electrons. The number of carbonyl (C=O) groups is 2. The maximum Gasteiger partial charge on any atom is 0.249 e. The van der Waals surface area contributed by atoms with Gasteiger partial charge in [0.25, 0.3) is 0 Å². The summed E-state index contributed by atoms with van der Waals surface area (Å²) >= 11 is 0. The first-order chi connectivity index (χ1) is 15.0. The number of anilines is 1. The van der Waals surface area contributed by atoms with E-state index in [1.165, 1.54) is 6.21 Å². The van der Waals surface area contributed by atoms with Gasteiger partial charge in [-0.3, -0.25) is 9.59 Å². The van der Waals surface area contributed by atoms with Gasteiger partial charge in [-0.05, 0) is 61.4 Å². The molecule has 0 aliphatic heterocycles. The maximum absolute atomic E-state index is 12.0. The van der Waals surface area contributed by atoms with Crippen molar-refractivity contribution < 1.29 is 23.8 Å². The Bertz CT molecular complexity index is 881. The molecule has 31 heavy (non-hydrogen) atoms. The molecule has 0 unspecified atom stereocenters. The Morgan fingerprint density at radius 1 is 1.00 bits per heavy atom. The SMILES string of the molecule is CCCCOc1ccc(C=NNC(=O)CC(=O)Nc2ccc(OCC)cc2)cc1OC. The third-order valence-electron chi connectivity index (χ3n) is 4.12. The number of ether oxygens (including phenoxy) is 3. The first kappa shape index (κ1) is 23.7. The lowest BCUT2D eigenvalue weighted by molar-refractivity contribution is -0.126. The number of nitrogens with one attached hydrogen (secondary N) is 2. The van der Waals surface area contributed by atoms with Gasteiger partial charge in [-0.15, -0.1) is 0 Å². The van der Waals surface area contributed by atoms with Crippen LogP contribution in [-0.4, -0.2) is 38.4 Å². The van der Waals surface area contributed by atoms with Gasteiger partial charge in [0.2, 0.25) is 11.8 Å². The van der Waals surface area contributed by atoms with Crippen molar-refractivity contribution in [2.75, 3.05) is 25.6 Å². The molecule has 166 valence electrons. The molecule has 0 spiro atoms. The highest BCUT2D eigenvalue weighted by Crippen LogP contribution is 2.27. The highest BCUT2D eigenvalue weighted by Gasteiger charge is 2.09. The van der Waals surface area contributed by atoms with Crippen LogP contribution in [0.3, 0.4) is 0 Å². The van der Waals surface area contributed by atoms with Crippen LogP contribution in [0.2, 0.25) is 0 Å². The monoisotopic (exact) mass is 427 g/mol. The lowest BCUT2D eigenvalue weighted by atomic mass is 10.2. The van der Waals surface area contributed by atoms with Gasteiger partial charge in [0.15, 0.2) is 11.5 Å². The Morgan fingerprint density at radius 3 is 2.45 bits per heavy atom. The summed E-state index contributed by atoms with van der Waals surface area (Å²) in [6, 6.07) is 12.3. The molecule has 0 atom stereocenters. The Hall–Kier alpha value is -3.55. The second kappa shape index (κ2) is 12.9. The van der Waals surface area contributed by atoms with Crippen molar-refractivity contribution in [3.8, 4) is 17.2 Å². The van der Waals surface area contributed by atoms with Crippen LogP contribution in [0, 0.1) is 0 Å². The number of methoxy groups -OCH3 is 1. The Morgan fingerprint density at radius 2 is 1.77 bits per heavy atom. The third kappa shape index (κ3) is 8.38. The van der Waals surface area contributed by atoms with Gasteiger partial charge in [0, 0.05) is 5.69 Å². The summed E-state index contributed by atoms with van der Waals surface area (Å²) in [5, 5.41) is 6.55. The summed E-state index contributed by atoms with van der Waals surface area (Å²) in [4.78, 5) is 24.0. The minimum atomic E-state index is -0.522. The van der Waals surface area contributed by atoms with Crippen molar-refractivity contribution in [3.05, 3.63) is 48.0 Å². The number of carbonyl (C=O) groups excluding carboxylic acids is 2. The number of nitrogens with zero attached hydrogens (tertiary/aromatic N) is 1. The van der Waals surface area contributed by atoms with E-state index in [1.54, 1.807) is 49.6 Å². The number of hydrogen-bond donors (Lipinski definition) is 2. The number of rotatable bonds is 12. The van der Waals surface area contributed by atoms with Crippen molar-refractivity contribution in [3.63, 3.8) is 0 Å². The quantitative estimate of drug-likeness (QED) is 0.233. The van der Waals surface area contributed by atoms with Crippen LogP contribution in [0.5, 0.6) is 17.2 Å². The zero-order valence-electron chi connectivity index (χ0n) is 18.1. The van der Waals surface area contributed by atoms with Crippen molar-refractivity contribution in [2.45, 2.75) is 33.1 Å². The lowest BCUT2D eigenvalue weighted by Gasteiger charge is -2.10. The first-order valence-corrected chi connectivity index (χ1v) is 10.2. The minimum Gasteiger partial charge on any atom is -0.494 e. The van der Waals surface area contributed by atoms with Gasteiger partial charge in [-0.1, -0.05) is 13.3 Å². The first-order valence-electron chi connectivity index (χ1n) is 10.2. The molecule has 0 fully saturated rings. The van der Waals surface area contributed by atoms with Crippen LogP contribution < -0.4 is 25.0 Å². The largest absolute Gasteiger partial charge is 0.494 e. The smallest absolute Gasteiger partial charge is 0.249 e. The van der Waals surface area contributed by atoms with Crippen molar-refractivity contribution in [1.29, 1.82) is 0 Å². The molecule has 0 aromatic heterocycles. The van der Waals surface area contributed by atoms with E-state index in [9.17, 15) is 9.59 Å². The second-order valence-electron chi connectivity index (χ2n) is 6.59. The van der Waals surface area contributed by atoms with Crippen molar-refractivity contribution >= 4 is 23.7 Å². The molecule has 0 saturated carbocycles. The molecule has 2 amide bonds. The average Bonchev–Trinajstić information content (AvgIpc) is 2.76.